The van der Waals surface area contributed by atoms with Crippen LogP contribution in [0.1, 0.15) is 43.4 Å². The lowest BCUT2D eigenvalue weighted by Gasteiger charge is -2.44. The van der Waals surface area contributed by atoms with Gasteiger partial charge < -0.3 is 14.6 Å². The first-order valence-corrected chi connectivity index (χ1v) is 8.52. The minimum atomic E-state index is -0.659. The molecular weight excluding hydrogens is 288 g/mol. The number of carboxylic acid groups (broad SMARTS) is 1. The number of nitrogens with zero attached hydrogens (tertiary/aromatic N) is 2. The second kappa shape index (κ2) is 5.10. The van der Waals surface area contributed by atoms with Crippen molar-refractivity contribution >= 4 is 16.9 Å². The average molecular weight is 312 g/mol. The predicted molar refractivity (Wildman–Crippen MR) is 90.9 cm³/mol. The fraction of sp³-hybridized carbons (Fsp3) is 0.526. The quantitative estimate of drug-likeness (QED) is 0.926. The summed E-state index contributed by atoms with van der Waals surface area (Å²) < 4.78 is 2.36. The lowest BCUT2D eigenvalue weighted by atomic mass is 9.72. The molecule has 23 heavy (non-hydrogen) atoms. The van der Waals surface area contributed by atoms with E-state index in [1.807, 2.05) is 0 Å². The molecule has 1 fully saturated rings. The van der Waals surface area contributed by atoms with Crippen molar-refractivity contribution in [1.29, 1.82) is 0 Å². The molecule has 0 saturated carbocycles. The van der Waals surface area contributed by atoms with E-state index >= 15 is 0 Å². The fourth-order valence-electron chi connectivity index (χ4n) is 4.68. The number of benzene rings is 1. The minimum Gasteiger partial charge on any atom is -0.481 e. The highest BCUT2D eigenvalue weighted by atomic mass is 16.4. The maximum absolute atomic E-state index is 11.5. The van der Waals surface area contributed by atoms with Gasteiger partial charge in [0.15, 0.2) is 0 Å². The van der Waals surface area contributed by atoms with Crippen molar-refractivity contribution in [2.45, 2.75) is 44.7 Å². The van der Waals surface area contributed by atoms with Gasteiger partial charge in [-0.1, -0.05) is 12.1 Å². The minimum absolute atomic E-state index is 0.259. The van der Waals surface area contributed by atoms with Gasteiger partial charge in [-0.05, 0) is 50.9 Å². The van der Waals surface area contributed by atoms with Gasteiger partial charge in [-0.25, -0.2) is 0 Å². The molecule has 1 aromatic heterocycles. The molecule has 0 spiro atoms. The lowest BCUT2D eigenvalue weighted by molar-refractivity contribution is -0.144. The summed E-state index contributed by atoms with van der Waals surface area (Å²) in [6.07, 6.45) is 4.10. The molecule has 122 valence electrons. The van der Waals surface area contributed by atoms with E-state index in [1.54, 1.807) is 0 Å². The Balaban J connectivity index is 1.87. The first-order valence-electron chi connectivity index (χ1n) is 8.52. The molecule has 1 aliphatic heterocycles. The molecule has 0 bridgehead atoms. The molecule has 2 heterocycles. The maximum Gasteiger partial charge on any atom is 0.307 e. The van der Waals surface area contributed by atoms with Crippen LogP contribution >= 0.6 is 0 Å². The van der Waals surface area contributed by atoms with Crippen LogP contribution in [0.2, 0.25) is 0 Å². The van der Waals surface area contributed by atoms with Gasteiger partial charge in [0.2, 0.25) is 0 Å². The summed E-state index contributed by atoms with van der Waals surface area (Å²) in [5.74, 6) is -0.590. The van der Waals surface area contributed by atoms with E-state index in [1.165, 1.54) is 22.0 Å². The monoisotopic (exact) mass is 312 g/mol. The summed E-state index contributed by atoms with van der Waals surface area (Å²) in [6, 6.07) is 7.40. The number of rotatable bonds is 2. The summed E-state index contributed by atoms with van der Waals surface area (Å²) in [5.41, 5.74) is 4.07. The zero-order valence-corrected chi connectivity index (χ0v) is 14.0. The second-order valence-corrected chi connectivity index (χ2v) is 7.49. The SMILES string of the molecule is CC(C)n1cc2c3c(cccc31)[C@H]1C[C@@H](C(=O)O)CN(C)[C@@H]1C2. The van der Waals surface area contributed by atoms with Gasteiger partial charge in [-0.2, -0.15) is 0 Å². The first-order chi connectivity index (χ1) is 11.0. The highest BCUT2D eigenvalue weighted by Crippen LogP contribution is 2.45. The smallest absolute Gasteiger partial charge is 0.307 e. The van der Waals surface area contributed by atoms with Crippen molar-refractivity contribution in [2.24, 2.45) is 5.92 Å². The zero-order chi connectivity index (χ0) is 16.3. The first kappa shape index (κ1) is 14.8. The van der Waals surface area contributed by atoms with Gasteiger partial charge in [0.1, 0.15) is 0 Å². The summed E-state index contributed by atoms with van der Waals surface area (Å²) in [6.45, 7) is 5.09. The third kappa shape index (κ3) is 2.12. The van der Waals surface area contributed by atoms with E-state index in [9.17, 15) is 9.90 Å². The highest BCUT2D eigenvalue weighted by molar-refractivity contribution is 5.89. The summed E-state index contributed by atoms with van der Waals surface area (Å²) >= 11 is 0. The number of fused-ring (bicyclic) bond motifs is 2. The zero-order valence-electron chi connectivity index (χ0n) is 14.0. The number of hydrogen-bond donors (Lipinski definition) is 1. The van der Waals surface area contributed by atoms with Crippen LogP contribution < -0.4 is 0 Å². The van der Waals surface area contributed by atoms with Gasteiger partial charge >= 0.3 is 5.97 Å². The van der Waals surface area contributed by atoms with Crippen LogP contribution in [0, 0.1) is 5.92 Å². The van der Waals surface area contributed by atoms with Crippen molar-refractivity contribution in [1.82, 2.24) is 9.47 Å². The summed E-state index contributed by atoms with van der Waals surface area (Å²) in [5, 5.41) is 10.9. The van der Waals surface area contributed by atoms with Crippen LogP contribution in [0.5, 0.6) is 0 Å². The van der Waals surface area contributed by atoms with Crippen molar-refractivity contribution < 1.29 is 9.90 Å². The number of aliphatic carboxylic acids is 1. The molecule has 2 aliphatic rings. The van der Waals surface area contributed by atoms with E-state index in [-0.39, 0.29) is 5.92 Å². The average Bonchev–Trinajstić information content (AvgIpc) is 2.88. The van der Waals surface area contributed by atoms with Crippen LogP contribution in [0.15, 0.2) is 24.4 Å². The number of likely N-dealkylation sites (tertiary alicyclic amines) is 1. The highest BCUT2D eigenvalue weighted by Gasteiger charge is 2.41. The third-order valence-electron chi connectivity index (χ3n) is 5.78. The Morgan fingerprint density at radius 1 is 1.35 bits per heavy atom. The Morgan fingerprint density at radius 3 is 2.83 bits per heavy atom. The molecule has 4 heteroatoms. The number of likely N-dealkylation sites (N-methyl/N-ethyl adjacent to an activating group) is 1. The molecular formula is C19H24N2O2. The molecule has 0 radical (unpaired) electrons. The lowest BCUT2D eigenvalue weighted by Crippen LogP contribution is -2.49. The molecule has 1 aromatic carbocycles. The predicted octanol–water partition coefficient (Wildman–Crippen LogP) is 3.27. The largest absolute Gasteiger partial charge is 0.481 e. The Hall–Kier alpha value is -1.81. The summed E-state index contributed by atoms with van der Waals surface area (Å²) in [7, 11) is 2.08. The van der Waals surface area contributed by atoms with E-state index in [4.69, 9.17) is 0 Å². The van der Waals surface area contributed by atoms with Crippen LogP contribution in [0.4, 0.5) is 0 Å². The molecule has 1 saturated heterocycles. The molecule has 1 aliphatic carbocycles. The Labute approximate surface area is 136 Å². The molecule has 0 amide bonds. The van der Waals surface area contributed by atoms with Crippen LogP contribution in [-0.2, 0) is 11.2 Å². The molecule has 4 rings (SSSR count). The van der Waals surface area contributed by atoms with Crippen molar-refractivity contribution in [3.8, 4) is 0 Å². The molecule has 2 aromatic rings. The van der Waals surface area contributed by atoms with E-state index in [2.05, 4.69) is 54.8 Å². The Bertz CT molecular complexity index is 777. The number of hydrogen-bond acceptors (Lipinski definition) is 2. The van der Waals surface area contributed by atoms with Gasteiger partial charge in [-0.3, -0.25) is 4.79 Å². The maximum atomic E-state index is 11.5. The fourth-order valence-corrected chi connectivity index (χ4v) is 4.68. The van der Waals surface area contributed by atoms with Crippen LogP contribution in [0.25, 0.3) is 10.9 Å². The van der Waals surface area contributed by atoms with Crippen molar-refractivity contribution in [2.75, 3.05) is 13.6 Å². The number of aromatic nitrogens is 1. The van der Waals surface area contributed by atoms with E-state index < -0.39 is 5.97 Å². The second-order valence-electron chi connectivity index (χ2n) is 7.49. The van der Waals surface area contributed by atoms with Crippen molar-refractivity contribution in [3.63, 3.8) is 0 Å². The Kier molecular flexibility index (Phi) is 3.27. The van der Waals surface area contributed by atoms with Crippen LogP contribution in [-0.4, -0.2) is 40.2 Å². The van der Waals surface area contributed by atoms with Gasteiger partial charge in [0.05, 0.1) is 5.92 Å². The number of piperidine rings is 1. The standard InChI is InChI=1S/C19H24N2O2/c1-11(2)21-10-12-8-17-15(7-13(19(22)23)9-20(17)3)14-5-4-6-16(21)18(12)14/h4-6,10-11,13,15,17H,7-9H2,1-3H3,(H,22,23)/t13-,15-,17-/m1/s1. The molecule has 3 atom stereocenters. The topological polar surface area (TPSA) is 45.5 Å². The molecule has 0 unspecified atom stereocenters. The third-order valence-corrected chi connectivity index (χ3v) is 5.78. The Morgan fingerprint density at radius 2 is 2.13 bits per heavy atom. The van der Waals surface area contributed by atoms with Gasteiger partial charge in [-0.15, -0.1) is 0 Å². The van der Waals surface area contributed by atoms with E-state index in [0.717, 1.165) is 12.8 Å². The van der Waals surface area contributed by atoms with Crippen LogP contribution in [0.3, 0.4) is 0 Å². The van der Waals surface area contributed by atoms with Gasteiger partial charge in [0.25, 0.3) is 0 Å². The molecule has 1 N–H and O–H groups in total. The number of carboxylic acids is 1. The van der Waals surface area contributed by atoms with Gasteiger partial charge in [0, 0.05) is 41.6 Å². The normalized spacial score (nSPS) is 27.4. The summed E-state index contributed by atoms with van der Waals surface area (Å²) in [4.78, 5) is 13.8. The van der Waals surface area contributed by atoms with E-state index in [0.29, 0.717) is 24.5 Å². The molecule has 4 nitrogen and oxygen atoms in total. The number of carbonyl (C=O) groups is 1. The van der Waals surface area contributed by atoms with Crippen molar-refractivity contribution in [3.05, 3.63) is 35.5 Å².